The topological polar surface area (TPSA) is 116 Å². The lowest BCUT2D eigenvalue weighted by atomic mass is 10.1. The van der Waals surface area contributed by atoms with Crippen molar-refractivity contribution in [2.45, 2.75) is 39.5 Å². The molecule has 0 bridgehead atoms. The fourth-order valence-corrected chi connectivity index (χ4v) is 5.66. The Labute approximate surface area is 210 Å². The Morgan fingerprint density at radius 3 is 2.25 bits per heavy atom. The number of benzene rings is 1. The average molecular weight is 503 g/mol. The van der Waals surface area contributed by atoms with E-state index in [2.05, 4.69) is 21.3 Å². The van der Waals surface area contributed by atoms with Gasteiger partial charge in [-0.3, -0.25) is 9.67 Å². The Hall–Kier alpha value is -4.23. The van der Waals surface area contributed by atoms with Gasteiger partial charge in [0.15, 0.2) is 5.70 Å². The molecule has 0 unspecified atom stereocenters. The lowest BCUT2D eigenvalue weighted by molar-refractivity contribution is 0.457. The fourth-order valence-electron chi connectivity index (χ4n) is 4.29. The second-order valence-corrected chi connectivity index (χ2v) is 10.1. The third kappa shape index (κ3) is 4.53. The van der Waals surface area contributed by atoms with Crippen molar-refractivity contribution < 1.29 is 12.6 Å². The number of hydrogen-bond acceptors (Lipinski definition) is 7. The van der Waals surface area contributed by atoms with E-state index < -0.39 is 10.1 Å². The molecule has 4 aromatic rings. The fraction of sp³-hybridized carbons (Fsp3) is 0.231. The summed E-state index contributed by atoms with van der Waals surface area (Å²) in [6, 6.07) is 12.8. The summed E-state index contributed by atoms with van der Waals surface area (Å²) in [7, 11) is -2.65. The molecule has 0 aliphatic rings. The van der Waals surface area contributed by atoms with Crippen LogP contribution in [0.25, 0.3) is 22.8 Å². The van der Waals surface area contributed by atoms with Crippen molar-refractivity contribution in [3.05, 3.63) is 82.4 Å². The first-order valence-corrected chi connectivity index (χ1v) is 12.6. The van der Waals surface area contributed by atoms with Gasteiger partial charge >= 0.3 is 10.1 Å². The molecule has 3 aromatic heterocycles. The molecule has 0 spiro atoms. The maximum absolute atomic E-state index is 13.6. The third-order valence-corrected chi connectivity index (χ3v) is 7.38. The number of aromatic nitrogens is 5. The molecule has 0 aliphatic carbocycles. The van der Waals surface area contributed by atoms with Gasteiger partial charge in [-0.1, -0.05) is 23.8 Å². The van der Waals surface area contributed by atoms with Gasteiger partial charge < -0.3 is 4.18 Å². The summed E-state index contributed by atoms with van der Waals surface area (Å²) in [5.74, 6) is -0.159. The Balaban J connectivity index is 1.94. The van der Waals surface area contributed by atoms with E-state index in [9.17, 15) is 13.7 Å². The Morgan fingerprint density at radius 2 is 1.69 bits per heavy atom. The lowest BCUT2D eigenvalue weighted by Gasteiger charge is -2.17. The van der Waals surface area contributed by atoms with Gasteiger partial charge in [-0.05, 0) is 63.9 Å². The minimum absolute atomic E-state index is 0.0640. The van der Waals surface area contributed by atoms with Crippen LogP contribution in [0.15, 0.2) is 53.7 Å². The van der Waals surface area contributed by atoms with Crippen LogP contribution < -0.4 is 0 Å². The van der Waals surface area contributed by atoms with Gasteiger partial charge in [-0.15, -0.1) is 0 Å². The van der Waals surface area contributed by atoms with Crippen LogP contribution in [-0.4, -0.2) is 33.0 Å². The van der Waals surface area contributed by atoms with Crippen molar-refractivity contribution >= 4 is 21.6 Å². The maximum atomic E-state index is 13.6. The molecule has 0 atom stereocenters. The summed E-state index contributed by atoms with van der Waals surface area (Å²) in [5, 5.41) is 19.1. The first kappa shape index (κ1) is 24.9. The molecule has 36 heavy (non-hydrogen) atoms. The van der Waals surface area contributed by atoms with E-state index in [1.165, 1.54) is 9.36 Å². The minimum atomic E-state index is -4.32. The predicted octanol–water partition coefficient (Wildman–Crippen LogP) is 4.48. The Kier molecular flexibility index (Phi) is 6.52. The van der Waals surface area contributed by atoms with Gasteiger partial charge in [0.05, 0.1) is 11.4 Å². The predicted molar refractivity (Wildman–Crippen MR) is 136 cm³/mol. The SMILES string of the molecule is Cc1cc(C)c(S(=O)(=O)OC(=C(C#N)n2ccc(-c3ccccn3)n2)c2c(C)c(C)nn2C)c(C)c1. The van der Waals surface area contributed by atoms with Crippen LogP contribution in [0, 0.1) is 45.9 Å². The van der Waals surface area contributed by atoms with Gasteiger partial charge in [0, 0.05) is 25.0 Å². The monoisotopic (exact) mass is 502 g/mol. The quantitative estimate of drug-likeness (QED) is 0.217. The van der Waals surface area contributed by atoms with Crippen molar-refractivity contribution in [1.82, 2.24) is 24.5 Å². The van der Waals surface area contributed by atoms with Crippen LogP contribution in [0.4, 0.5) is 0 Å². The second-order valence-electron chi connectivity index (χ2n) is 8.60. The van der Waals surface area contributed by atoms with E-state index in [0.29, 0.717) is 39.5 Å². The summed E-state index contributed by atoms with van der Waals surface area (Å²) >= 11 is 0. The molecule has 0 saturated heterocycles. The van der Waals surface area contributed by atoms with Crippen molar-refractivity contribution in [2.24, 2.45) is 7.05 Å². The molecule has 4 rings (SSSR count). The molecule has 0 amide bonds. The van der Waals surface area contributed by atoms with Crippen LogP contribution >= 0.6 is 0 Å². The van der Waals surface area contributed by atoms with E-state index in [1.807, 2.05) is 13.0 Å². The second kappa shape index (κ2) is 9.43. The summed E-state index contributed by atoms with van der Waals surface area (Å²) in [5.41, 5.74) is 4.81. The highest BCUT2D eigenvalue weighted by Gasteiger charge is 2.30. The first-order valence-electron chi connectivity index (χ1n) is 11.2. The van der Waals surface area contributed by atoms with Crippen LogP contribution in [0.2, 0.25) is 0 Å². The van der Waals surface area contributed by atoms with Crippen molar-refractivity contribution in [3.8, 4) is 17.5 Å². The smallest absolute Gasteiger partial charge is 0.339 e. The van der Waals surface area contributed by atoms with Crippen molar-refractivity contribution in [3.63, 3.8) is 0 Å². The number of pyridine rings is 1. The molecule has 1 aromatic carbocycles. The normalized spacial score (nSPS) is 12.2. The van der Waals surface area contributed by atoms with Crippen LogP contribution in [0.1, 0.15) is 33.6 Å². The molecule has 10 heteroatoms. The van der Waals surface area contributed by atoms with Gasteiger partial charge in [0.2, 0.25) is 5.76 Å². The summed E-state index contributed by atoms with van der Waals surface area (Å²) < 4.78 is 35.9. The summed E-state index contributed by atoms with van der Waals surface area (Å²) in [6.07, 6.45) is 3.21. The van der Waals surface area contributed by atoms with Gasteiger partial charge in [0.25, 0.3) is 0 Å². The van der Waals surface area contributed by atoms with E-state index >= 15 is 0 Å². The molecule has 3 heterocycles. The number of nitrogens with zero attached hydrogens (tertiary/aromatic N) is 6. The number of rotatable bonds is 6. The molecule has 184 valence electrons. The molecule has 0 saturated carbocycles. The summed E-state index contributed by atoms with van der Waals surface area (Å²) in [6.45, 7) is 8.94. The number of aryl methyl sites for hydroxylation is 5. The van der Waals surface area contributed by atoms with Crippen LogP contribution in [0.3, 0.4) is 0 Å². The summed E-state index contributed by atoms with van der Waals surface area (Å²) in [4.78, 5) is 4.36. The highest BCUT2D eigenvalue weighted by atomic mass is 32.2. The zero-order valence-corrected chi connectivity index (χ0v) is 21.8. The van der Waals surface area contributed by atoms with E-state index in [-0.39, 0.29) is 16.4 Å². The van der Waals surface area contributed by atoms with Gasteiger partial charge in [0.1, 0.15) is 22.4 Å². The molecule has 0 N–H and O–H groups in total. The van der Waals surface area contributed by atoms with E-state index in [0.717, 1.165) is 5.56 Å². The highest BCUT2D eigenvalue weighted by molar-refractivity contribution is 7.87. The molecule has 0 fully saturated rings. The molecule has 0 aliphatic heterocycles. The Morgan fingerprint density at radius 1 is 1.00 bits per heavy atom. The number of hydrogen-bond donors (Lipinski definition) is 0. The lowest BCUT2D eigenvalue weighted by Crippen LogP contribution is -2.14. The first-order chi connectivity index (χ1) is 17.0. The molecular weight excluding hydrogens is 476 g/mol. The minimum Gasteiger partial charge on any atom is -0.373 e. The standard InChI is InChI=1S/C26H26N6O3S/c1-16-13-17(2)26(18(3)14-16)36(33,34)35-25(24-19(4)20(5)29-31(24)6)23(15-27)32-12-10-22(30-32)21-9-7-8-11-28-21/h7-14H,1-6H3. The molecule has 9 nitrogen and oxygen atoms in total. The van der Waals surface area contributed by atoms with E-state index in [4.69, 9.17) is 4.18 Å². The number of allylic oxidation sites excluding steroid dienone is 1. The van der Waals surface area contributed by atoms with E-state index in [1.54, 1.807) is 77.5 Å². The maximum Gasteiger partial charge on any atom is 0.339 e. The zero-order chi connectivity index (χ0) is 26.2. The highest BCUT2D eigenvalue weighted by Crippen LogP contribution is 2.33. The van der Waals surface area contributed by atoms with Gasteiger partial charge in [-0.25, -0.2) is 4.68 Å². The zero-order valence-electron chi connectivity index (χ0n) is 20.9. The largest absolute Gasteiger partial charge is 0.373 e. The third-order valence-electron chi connectivity index (χ3n) is 5.85. The number of nitriles is 1. The van der Waals surface area contributed by atoms with Crippen molar-refractivity contribution in [1.29, 1.82) is 5.26 Å². The Bertz CT molecular complexity index is 1620. The van der Waals surface area contributed by atoms with Crippen molar-refractivity contribution in [2.75, 3.05) is 0 Å². The molecule has 0 radical (unpaired) electrons. The van der Waals surface area contributed by atoms with Crippen LogP contribution in [-0.2, 0) is 21.3 Å². The molecular formula is C26H26N6O3S. The average Bonchev–Trinajstić information content (AvgIpc) is 3.38. The van der Waals surface area contributed by atoms with Gasteiger partial charge in [-0.2, -0.15) is 23.9 Å². The van der Waals surface area contributed by atoms with Crippen LogP contribution in [0.5, 0.6) is 0 Å².